The van der Waals surface area contributed by atoms with E-state index in [1.165, 1.54) is 54.9 Å². The molecule has 38 heavy (non-hydrogen) atoms. The minimum absolute atomic E-state index is 0.126. The highest BCUT2D eigenvalue weighted by atomic mass is 79.9. The number of benzene rings is 5. The van der Waals surface area contributed by atoms with Gasteiger partial charge in [0.1, 0.15) is 0 Å². The number of fused-ring (bicyclic) bond motifs is 5. The molecule has 0 aliphatic carbocycles. The van der Waals surface area contributed by atoms with Crippen molar-refractivity contribution in [2.75, 3.05) is 0 Å². The number of rotatable bonds is 2. The third-order valence-corrected chi connectivity index (χ3v) is 8.41. The number of hydrogen-bond donors (Lipinski definition) is 1. The summed E-state index contributed by atoms with van der Waals surface area (Å²) >= 11 is 3.87. The van der Waals surface area contributed by atoms with Crippen LogP contribution in [-0.4, -0.2) is 4.98 Å². The van der Waals surface area contributed by atoms with Crippen LogP contribution in [0.25, 0.3) is 54.8 Å². The molecule has 1 N–H and O–H groups in total. The van der Waals surface area contributed by atoms with Crippen LogP contribution in [0, 0.1) is 0 Å². The maximum Gasteiger partial charge on any atom is 0.0609 e. The van der Waals surface area contributed by atoms with E-state index in [0.29, 0.717) is 0 Å². The zero-order valence-electron chi connectivity index (χ0n) is 23.0. The van der Waals surface area contributed by atoms with Crippen molar-refractivity contribution in [2.24, 2.45) is 0 Å². The van der Waals surface area contributed by atoms with Gasteiger partial charge in [0.15, 0.2) is 0 Å². The zero-order valence-corrected chi connectivity index (χ0v) is 24.6. The van der Waals surface area contributed by atoms with Gasteiger partial charge >= 0.3 is 0 Å². The molecular formula is C36H34BrN. The summed E-state index contributed by atoms with van der Waals surface area (Å²) in [6.07, 6.45) is 0. The SMILES string of the molecule is CC(C)(C)c1ccc(-c2cc(Br)c3[nH]c4ccc5cc(-c6cccc(C(C)(C)C)c6)ccc5c4c3c2)cc1. The standard InChI is InChI=1S/C36H34BrN/c1-35(2,3)27-14-10-22(11-15-27)26-20-30-33-29-16-12-24(23-8-7-9-28(19-23)36(4,5)6)18-25(29)13-17-32(33)38-34(30)31(37)21-26/h7-21,38H,1-6H3. The van der Waals surface area contributed by atoms with Crippen molar-refractivity contribution in [1.29, 1.82) is 0 Å². The second-order valence-corrected chi connectivity index (χ2v) is 13.4. The van der Waals surface area contributed by atoms with Crippen LogP contribution in [0.4, 0.5) is 0 Å². The van der Waals surface area contributed by atoms with E-state index >= 15 is 0 Å². The van der Waals surface area contributed by atoms with Gasteiger partial charge in [-0.1, -0.05) is 108 Å². The van der Waals surface area contributed by atoms with E-state index < -0.39 is 0 Å². The van der Waals surface area contributed by atoms with Crippen LogP contribution in [0.15, 0.2) is 95.5 Å². The molecule has 0 amide bonds. The minimum Gasteiger partial charge on any atom is -0.354 e. The molecule has 6 aromatic rings. The topological polar surface area (TPSA) is 15.8 Å². The van der Waals surface area contributed by atoms with Crippen molar-refractivity contribution in [2.45, 2.75) is 52.4 Å². The van der Waals surface area contributed by atoms with E-state index in [2.05, 4.69) is 153 Å². The first-order valence-electron chi connectivity index (χ1n) is 13.4. The Labute approximate surface area is 234 Å². The van der Waals surface area contributed by atoms with E-state index in [9.17, 15) is 0 Å². The van der Waals surface area contributed by atoms with Gasteiger partial charge in [0, 0.05) is 20.8 Å². The Kier molecular flexibility index (Phi) is 5.81. The summed E-state index contributed by atoms with van der Waals surface area (Å²) in [5.74, 6) is 0. The van der Waals surface area contributed by atoms with Crippen LogP contribution in [0.1, 0.15) is 52.7 Å². The molecule has 0 aliphatic rings. The van der Waals surface area contributed by atoms with Crippen molar-refractivity contribution in [3.63, 3.8) is 0 Å². The summed E-state index contributed by atoms with van der Waals surface area (Å²) < 4.78 is 1.09. The Balaban J connectivity index is 1.51. The molecule has 0 aliphatic heterocycles. The summed E-state index contributed by atoms with van der Waals surface area (Å²) in [4.78, 5) is 3.67. The number of H-pyrrole nitrogens is 1. The van der Waals surface area contributed by atoms with Crippen LogP contribution >= 0.6 is 15.9 Å². The summed E-state index contributed by atoms with van der Waals surface area (Å²) in [5.41, 5.74) is 10.3. The Hall–Kier alpha value is -3.36. The average molecular weight is 561 g/mol. The highest BCUT2D eigenvalue weighted by Crippen LogP contribution is 2.40. The zero-order chi connectivity index (χ0) is 26.8. The summed E-state index contributed by atoms with van der Waals surface area (Å²) in [6.45, 7) is 13.6. The van der Waals surface area contributed by atoms with Gasteiger partial charge in [-0.05, 0) is 95.2 Å². The fraction of sp³-hybridized carbons (Fsp3) is 0.222. The third-order valence-electron chi connectivity index (χ3n) is 7.79. The fourth-order valence-electron chi connectivity index (χ4n) is 5.46. The van der Waals surface area contributed by atoms with Gasteiger partial charge in [0.25, 0.3) is 0 Å². The van der Waals surface area contributed by atoms with Crippen LogP contribution in [0.5, 0.6) is 0 Å². The maximum absolute atomic E-state index is 3.87. The molecule has 5 aromatic carbocycles. The van der Waals surface area contributed by atoms with Gasteiger partial charge in [0.2, 0.25) is 0 Å². The van der Waals surface area contributed by atoms with Crippen molar-refractivity contribution < 1.29 is 0 Å². The van der Waals surface area contributed by atoms with Crippen molar-refractivity contribution in [1.82, 2.24) is 4.98 Å². The summed E-state index contributed by atoms with van der Waals surface area (Å²) in [6, 6.07) is 33.9. The average Bonchev–Trinajstić information content (AvgIpc) is 3.27. The van der Waals surface area contributed by atoms with E-state index in [4.69, 9.17) is 0 Å². The van der Waals surface area contributed by atoms with Gasteiger partial charge < -0.3 is 4.98 Å². The molecule has 1 aromatic heterocycles. The predicted octanol–water partition coefficient (Wildman–Crippen LogP) is 11.2. The second kappa shape index (κ2) is 8.85. The van der Waals surface area contributed by atoms with E-state index in [1.807, 2.05) is 0 Å². The number of aromatic amines is 1. The molecule has 190 valence electrons. The highest BCUT2D eigenvalue weighted by molar-refractivity contribution is 9.10. The predicted molar refractivity (Wildman–Crippen MR) is 169 cm³/mol. The van der Waals surface area contributed by atoms with Gasteiger partial charge in [-0.25, -0.2) is 0 Å². The van der Waals surface area contributed by atoms with E-state index in [0.717, 1.165) is 15.5 Å². The monoisotopic (exact) mass is 559 g/mol. The van der Waals surface area contributed by atoms with Gasteiger partial charge in [-0.15, -0.1) is 0 Å². The van der Waals surface area contributed by atoms with E-state index in [1.54, 1.807) is 0 Å². The largest absolute Gasteiger partial charge is 0.354 e. The molecular weight excluding hydrogens is 526 g/mol. The Morgan fingerprint density at radius 2 is 1.24 bits per heavy atom. The highest BCUT2D eigenvalue weighted by Gasteiger charge is 2.17. The molecule has 0 atom stereocenters. The number of nitrogens with one attached hydrogen (secondary N) is 1. The van der Waals surface area contributed by atoms with Crippen LogP contribution < -0.4 is 0 Å². The molecule has 1 heterocycles. The van der Waals surface area contributed by atoms with Crippen molar-refractivity contribution >= 4 is 48.5 Å². The smallest absolute Gasteiger partial charge is 0.0609 e. The Bertz CT molecular complexity index is 1820. The van der Waals surface area contributed by atoms with Gasteiger partial charge in [0.05, 0.1) is 5.52 Å². The molecule has 0 fully saturated rings. The molecule has 6 rings (SSSR count). The van der Waals surface area contributed by atoms with Crippen LogP contribution in [0.3, 0.4) is 0 Å². The fourth-order valence-corrected chi connectivity index (χ4v) is 6.02. The summed E-state index contributed by atoms with van der Waals surface area (Å²) in [7, 11) is 0. The van der Waals surface area contributed by atoms with Gasteiger partial charge in [-0.2, -0.15) is 0 Å². The van der Waals surface area contributed by atoms with E-state index in [-0.39, 0.29) is 10.8 Å². The lowest BCUT2D eigenvalue weighted by atomic mass is 9.85. The molecule has 0 unspecified atom stereocenters. The molecule has 0 bridgehead atoms. The molecule has 0 radical (unpaired) electrons. The first-order chi connectivity index (χ1) is 18.0. The normalized spacial score (nSPS) is 12.6. The summed E-state index contributed by atoms with van der Waals surface area (Å²) in [5, 5.41) is 5.06. The molecule has 0 spiro atoms. The molecule has 2 heteroatoms. The number of halogens is 1. The second-order valence-electron chi connectivity index (χ2n) is 12.6. The lowest BCUT2D eigenvalue weighted by Gasteiger charge is -2.20. The lowest BCUT2D eigenvalue weighted by Crippen LogP contribution is -2.10. The maximum atomic E-state index is 3.87. The molecule has 0 saturated heterocycles. The number of hydrogen-bond acceptors (Lipinski definition) is 0. The first-order valence-corrected chi connectivity index (χ1v) is 14.2. The molecule has 0 saturated carbocycles. The lowest BCUT2D eigenvalue weighted by molar-refractivity contribution is 0.590. The molecule has 1 nitrogen and oxygen atoms in total. The Morgan fingerprint density at radius 1 is 0.553 bits per heavy atom. The first kappa shape index (κ1) is 24.9. The van der Waals surface area contributed by atoms with Crippen LogP contribution in [0.2, 0.25) is 0 Å². The number of aromatic nitrogens is 1. The van der Waals surface area contributed by atoms with Gasteiger partial charge in [-0.3, -0.25) is 0 Å². The minimum atomic E-state index is 0.126. The quantitative estimate of drug-likeness (QED) is 0.217. The van der Waals surface area contributed by atoms with Crippen LogP contribution in [-0.2, 0) is 10.8 Å². The third kappa shape index (κ3) is 4.35. The van der Waals surface area contributed by atoms with Crippen molar-refractivity contribution in [3.8, 4) is 22.3 Å². The Morgan fingerprint density at radius 3 is 1.95 bits per heavy atom. The van der Waals surface area contributed by atoms with Crippen molar-refractivity contribution in [3.05, 3.63) is 107 Å².